The van der Waals surface area contributed by atoms with E-state index in [0.29, 0.717) is 18.1 Å². The Kier molecular flexibility index (Phi) is 4.15. The fraction of sp³-hybridized carbons (Fsp3) is 0.500. The first-order valence-electron chi connectivity index (χ1n) is 6.13. The van der Waals surface area contributed by atoms with E-state index < -0.39 is 0 Å². The molecule has 1 aromatic rings. The van der Waals surface area contributed by atoms with Crippen molar-refractivity contribution in [2.45, 2.75) is 19.8 Å². The summed E-state index contributed by atoms with van der Waals surface area (Å²) in [6.45, 7) is 3.48. The van der Waals surface area contributed by atoms with E-state index in [1.54, 1.807) is 12.1 Å². The Hall–Kier alpha value is -1.35. The molecular formula is C14H18O3. The minimum Gasteiger partial charge on any atom is -0.494 e. The highest BCUT2D eigenvalue weighted by molar-refractivity contribution is 5.97. The summed E-state index contributed by atoms with van der Waals surface area (Å²) in [5.74, 6) is 1.53. The van der Waals surface area contributed by atoms with E-state index in [2.05, 4.69) is 0 Å². The van der Waals surface area contributed by atoms with Gasteiger partial charge in [0.15, 0.2) is 5.78 Å². The average molecular weight is 234 g/mol. The lowest BCUT2D eigenvalue weighted by molar-refractivity contribution is 0.0740. The summed E-state index contributed by atoms with van der Waals surface area (Å²) in [5, 5.41) is 0. The number of benzene rings is 1. The lowest BCUT2D eigenvalue weighted by Gasteiger charge is -2.05. The van der Waals surface area contributed by atoms with E-state index in [-0.39, 0.29) is 12.4 Å². The molecule has 0 unspecified atom stereocenters. The maximum atomic E-state index is 11.7. The molecule has 0 N–H and O–H groups in total. The molecule has 0 amide bonds. The molecule has 0 atom stereocenters. The quantitative estimate of drug-likeness (QED) is 0.680. The van der Waals surface area contributed by atoms with Crippen LogP contribution in [-0.4, -0.2) is 25.6 Å². The smallest absolute Gasteiger partial charge is 0.188 e. The summed E-state index contributed by atoms with van der Waals surface area (Å²) in [4.78, 5) is 11.7. The van der Waals surface area contributed by atoms with Gasteiger partial charge in [0.2, 0.25) is 0 Å². The Balaban J connectivity index is 1.80. The zero-order chi connectivity index (χ0) is 12.1. The normalized spacial score (nSPS) is 14.6. The highest BCUT2D eigenvalue weighted by Gasteiger charge is 2.21. The molecule has 1 aliphatic carbocycles. The van der Waals surface area contributed by atoms with Crippen molar-refractivity contribution >= 4 is 5.78 Å². The first-order valence-corrected chi connectivity index (χ1v) is 6.13. The van der Waals surface area contributed by atoms with Crippen molar-refractivity contribution in [1.82, 2.24) is 0 Å². The van der Waals surface area contributed by atoms with Gasteiger partial charge in [0.05, 0.1) is 13.2 Å². The third kappa shape index (κ3) is 3.86. The molecule has 0 aromatic heterocycles. The second kappa shape index (κ2) is 5.82. The van der Waals surface area contributed by atoms with Crippen LogP contribution in [0.5, 0.6) is 5.75 Å². The van der Waals surface area contributed by atoms with Gasteiger partial charge in [0, 0.05) is 5.56 Å². The second-order valence-corrected chi connectivity index (χ2v) is 4.34. The van der Waals surface area contributed by atoms with Crippen molar-refractivity contribution in [3.05, 3.63) is 29.8 Å². The molecule has 1 saturated carbocycles. The molecule has 0 bridgehead atoms. The number of ether oxygens (including phenoxy) is 2. The van der Waals surface area contributed by atoms with E-state index in [9.17, 15) is 4.79 Å². The van der Waals surface area contributed by atoms with Crippen molar-refractivity contribution in [2.75, 3.05) is 19.8 Å². The van der Waals surface area contributed by atoms with Crippen LogP contribution in [0.15, 0.2) is 24.3 Å². The number of rotatable bonds is 7. The first kappa shape index (κ1) is 12.1. The van der Waals surface area contributed by atoms with Crippen LogP contribution in [-0.2, 0) is 4.74 Å². The highest BCUT2D eigenvalue weighted by atomic mass is 16.5. The van der Waals surface area contributed by atoms with E-state index in [0.717, 1.165) is 12.4 Å². The Morgan fingerprint density at radius 3 is 2.59 bits per heavy atom. The summed E-state index contributed by atoms with van der Waals surface area (Å²) in [6, 6.07) is 7.21. The van der Waals surface area contributed by atoms with E-state index >= 15 is 0 Å². The summed E-state index contributed by atoms with van der Waals surface area (Å²) in [7, 11) is 0. The minimum absolute atomic E-state index is 0.0358. The molecule has 3 heteroatoms. The van der Waals surface area contributed by atoms with Crippen LogP contribution < -0.4 is 4.74 Å². The zero-order valence-corrected chi connectivity index (χ0v) is 10.1. The standard InChI is InChI=1S/C14H18O3/c1-2-17-13-7-5-12(6-8-13)14(15)10-16-9-11-3-4-11/h5-8,11H,2-4,9-10H2,1H3. The number of carbonyl (C=O) groups is 1. The number of carbonyl (C=O) groups excluding carboxylic acids is 1. The molecule has 2 rings (SSSR count). The van der Waals surface area contributed by atoms with E-state index in [1.165, 1.54) is 12.8 Å². The van der Waals surface area contributed by atoms with Crippen LogP contribution in [0, 0.1) is 5.92 Å². The molecule has 0 saturated heterocycles. The molecule has 0 radical (unpaired) electrons. The minimum atomic E-state index is 0.0358. The number of hydrogen-bond acceptors (Lipinski definition) is 3. The number of Topliss-reactive ketones (excluding diaryl/α,β-unsaturated/α-hetero) is 1. The van der Waals surface area contributed by atoms with Crippen molar-refractivity contribution < 1.29 is 14.3 Å². The van der Waals surface area contributed by atoms with E-state index in [1.807, 2.05) is 19.1 Å². The summed E-state index contributed by atoms with van der Waals surface area (Å²) < 4.78 is 10.7. The largest absolute Gasteiger partial charge is 0.494 e. The first-order chi connectivity index (χ1) is 8.29. The fourth-order valence-corrected chi connectivity index (χ4v) is 1.59. The van der Waals surface area contributed by atoms with Crippen molar-refractivity contribution in [3.8, 4) is 5.75 Å². The Morgan fingerprint density at radius 2 is 2.00 bits per heavy atom. The molecular weight excluding hydrogens is 216 g/mol. The molecule has 0 heterocycles. The van der Waals surface area contributed by atoms with Gasteiger partial charge in [-0.25, -0.2) is 0 Å². The molecule has 0 spiro atoms. The van der Waals surface area contributed by atoms with Gasteiger partial charge in [0.1, 0.15) is 12.4 Å². The second-order valence-electron chi connectivity index (χ2n) is 4.34. The lowest BCUT2D eigenvalue weighted by atomic mass is 10.1. The maximum absolute atomic E-state index is 11.7. The summed E-state index contributed by atoms with van der Waals surface area (Å²) in [5.41, 5.74) is 0.684. The third-order valence-corrected chi connectivity index (χ3v) is 2.77. The predicted molar refractivity (Wildman–Crippen MR) is 65.5 cm³/mol. The van der Waals surface area contributed by atoms with Crippen LogP contribution >= 0.6 is 0 Å². The SMILES string of the molecule is CCOc1ccc(C(=O)COCC2CC2)cc1. The molecule has 92 valence electrons. The zero-order valence-electron chi connectivity index (χ0n) is 10.1. The lowest BCUT2D eigenvalue weighted by Crippen LogP contribution is -2.10. The average Bonchev–Trinajstić information content (AvgIpc) is 3.14. The van der Waals surface area contributed by atoms with Gasteiger partial charge < -0.3 is 9.47 Å². The molecule has 1 aliphatic rings. The van der Waals surface area contributed by atoms with Crippen molar-refractivity contribution in [1.29, 1.82) is 0 Å². The Bertz CT molecular complexity index is 366. The van der Waals surface area contributed by atoms with Gasteiger partial charge in [-0.05, 0) is 49.9 Å². The topological polar surface area (TPSA) is 35.5 Å². The van der Waals surface area contributed by atoms with Gasteiger partial charge in [-0.15, -0.1) is 0 Å². The summed E-state index contributed by atoms with van der Waals surface area (Å²) in [6.07, 6.45) is 2.49. The van der Waals surface area contributed by atoms with Gasteiger partial charge >= 0.3 is 0 Å². The van der Waals surface area contributed by atoms with Crippen LogP contribution in [0.3, 0.4) is 0 Å². The highest BCUT2D eigenvalue weighted by Crippen LogP contribution is 2.28. The van der Waals surface area contributed by atoms with Gasteiger partial charge in [-0.1, -0.05) is 0 Å². The molecule has 1 aromatic carbocycles. The molecule has 3 nitrogen and oxygen atoms in total. The van der Waals surface area contributed by atoms with Crippen LogP contribution in [0.1, 0.15) is 30.1 Å². The Morgan fingerprint density at radius 1 is 1.29 bits per heavy atom. The van der Waals surface area contributed by atoms with Crippen molar-refractivity contribution in [3.63, 3.8) is 0 Å². The van der Waals surface area contributed by atoms with Crippen molar-refractivity contribution in [2.24, 2.45) is 5.92 Å². The van der Waals surface area contributed by atoms with Gasteiger partial charge in [0.25, 0.3) is 0 Å². The van der Waals surface area contributed by atoms with Crippen LogP contribution in [0.2, 0.25) is 0 Å². The molecule has 17 heavy (non-hydrogen) atoms. The number of ketones is 1. The maximum Gasteiger partial charge on any atom is 0.188 e. The monoisotopic (exact) mass is 234 g/mol. The third-order valence-electron chi connectivity index (χ3n) is 2.77. The van der Waals surface area contributed by atoms with Crippen LogP contribution in [0.4, 0.5) is 0 Å². The number of hydrogen-bond donors (Lipinski definition) is 0. The van der Waals surface area contributed by atoms with Crippen LogP contribution in [0.25, 0.3) is 0 Å². The summed E-state index contributed by atoms with van der Waals surface area (Å²) >= 11 is 0. The molecule has 0 aliphatic heterocycles. The van der Waals surface area contributed by atoms with Gasteiger partial charge in [-0.3, -0.25) is 4.79 Å². The van der Waals surface area contributed by atoms with E-state index in [4.69, 9.17) is 9.47 Å². The predicted octanol–water partition coefficient (Wildman–Crippen LogP) is 2.69. The Labute approximate surface area is 102 Å². The fourth-order valence-electron chi connectivity index (χ4n) is 1.59. The molecule has 1 fully saturated rings. The van der Waals surface area contributed by atoms with Gasteiger partial charge in [-0.2, -0.15) is 0 Å².